The van der Waals surface area contributed by atoms with Crippen molar-refractivity contribution in [3.63, 3.8) is 0 Å². The number of rotatable bonds is 8. The van der Waals surface area contributed by atoms with E-state index in [0.29, 0.717) is 0 Å². The Labute approximate surface area is 146 Å². The second-order valence-corrected chi connectivity index (χ2v) is 7.19. The average Bonchev–Trinajstić information content (AvgIpc) is 2.91. The van der Waals surface area contributed by atoms with Gasteiger partial charge in [-0.1, -0.05) is 32.0 Å². The molecule has 1 atom stereocenters. The second kappa shape index (κ2) is 8.15. The fourth-order valence-corrected chi connectivity index (χ4v) is 4.06. The number of fused-ring (bicyclic) bond motifs is 1. The predicted molar refractivity (Wildman–Crippen MR) is 100 cm³/mol. The summed E-state index contributed by atoms with van der Waals surface area (Å²) >= 11 is 0. The molecule has 0 N–H and O–H groups in total. The number of alkyl halides is 1. The lowest BCUT2D eigenvalue weighted by atomic mass is 9.89. The van der Waals surface area contributed by atoms with Gasteiger partial charge >= 0.3 is 0 Å². The molecule has 3 rings (SSSR count). The molecule has 1 aromatic carbocycles. The highest BCUT2D eigenvalue weighted by Crippen LogP contribution is 2.40. The van der Waals surface area contributed by atoms with Gasteiger partial charge in [0.25, 0.3) is 0 Å². The lowest BCUT2D eigenvalue weighted by Crippen LogP contribution is -2.40. The third-order valence-electron chi connectivity index (χ3n) is 5.36. The molecule has 1 aliphatic carbocycles. The van der Waals surface area contributed by atoms with Gasteiger partial charge in [-0.15, -0.1) is 0 Å². The minimum atomic E-state index is -0.271. The first-order valence-electron chi connectivity index (χ1n) is 9.64. The summed E-state index contributed by atoms with van der Waals surface area (Å²) in [5, 5.41) is 0. The van der Waals surface area contributed by atoms with Crippen LogP contribution in [0.15, 0.2) is 35.5 Å². The third-order valence-corrected chi connectivity index (χ3v) is 5.36. The molecule has 1 heterocycles. The molecule has 1 aliphatic heterocycles. The first-order chi connectivity index (χ1) is 11.8. The number of benzene rings is 1. The van der Waals surface area contributed by atoms with E-state index < -0.39 is 0 Å². The van der Waals surface area contributed by atoms with E-state index in [1.807, 2.05) is 0 Å². The quantitative estimate of drug-likeness (QED) is 0.665. The van der Waals surface area contributed by atoms with E-state index in [2.05, 4.69) is 47.9 Å². The van der Waals surface area contributed by atoms with Gasteiger partial charge in [0, 0.05) is 17.9 Å². The predicted octanol–water partition coefficient (Wildman–Crippen LogP) is 4.95. The van der Waals surface area contributed by atoms with Crippen LogP contribution >= 0.6 is 0 Å². The van der Waals surface area contributed by atoms with Gasteiger partial charge in [-0.2, -0.15) is 0 Å². The molecule has 0 bridgehead atoms. The molecular weight excluding hydrogens is 299 g/mol. The molecule has 1 unspecified atom stereocenters. The van der Waals surface area contributed by atoms with E-state index >= 15 is 0 Å². The molecule has 2 nitrogen and oxygen atoms in total. The van der Waals surface area contributed by atoms with Gasteiger partial charge in [-0.05, 0) is 68.8 Å². The molecule has 3 heteroatoms. The van der Waals surface area contributed by atoms with Gasteiger partial charge in [-0.3, -0.25) is 4.90 Å². The molecule has 132 valence electrons. The molecule has 0 saturated heterocycles. The van der Waals surface area contributed by atoms with Gasteiger partial charge in [0.2, 0.25) is 0 Å². The lowest BCUT2D eigenvalue weighted by Gasteiger charge is -2.36. The Morgan fingerprint density at radius 1 is 1.17 bits per heavy atom. The van der Waals surface area contributed by atoms with Crippen molar-refractivity contribution in [3.8, 4) is 0 Å². The highest BCUT2D eigenvalue weighted by atomic mass is 19.1. The van der Waals surface area contributed by atoms with Crippen molar-refractivity contribution in [2.75, 3.05) is 31.2 Å². The highest BCUT2D eigenvalue weighted by Gasteiger charge is 2.34. The third kappa shape index (κ3) is 3.51. The van der Waals surface area contributed by atoms with E-state index in [1.54, 1.807) is 5.57 Å². The summed E-state index contributed by atoms with van der Waals surface area (Å²) in [7, 11) is 0. The summed E-state index contributed by atoms with van der Waals surface area (Å²) < 4.78 is 13.8. The Hall–Kier alpha value is -1.35. The van der Waals surface area contributed by atoms with Gasteiger partial charge in [0.05, 0.1) is 6.04 Å². The van der Waals surface area contributed by atoms with Gasteiger partial charge in [-0.25, -0.2) is 4.39 Å². The molecule has 0 amide bonds. The summed E-state index contributed by atoms with van der Waals surface area (Å²) in [5.74, 6) is 0. The zero-order chi connectivity index (χ0) is 16.9. The van der Waals surface area contributed by atoms with Crippen molar-refractivity contribution in [2.45, 2.75) is 58.4 Å². The van der Waals surface area contributed by atoms with Crippen molar-refractivity contribution in [2.24, 2.45) is 0 Å². The summed E-state index contributed by atoms with van der Waals surface area (Å²) in [4.78, 5) is 4.90. The molecule has 2 aliphatic rings. The molecule has 1 aromatic rings. The van der Waals surface area contributed by atoms with E-state index in [0.717, 1.165) is 26.1 Å². The van der Waals surface area contributed by atoms with Crippen molar-refractivity contribution < 1.29 is 4.39 Å². The number of nitrogens with zero attached hydrogens (tertiary/aromatic N) is 2. The lowest BCUT2D eigenvalue weighted by molar-refractivity contribution is 0.289. The van der Waals surface area contributed by atoms with Crippen LogP contribution in [-0.2, 0) is 6.42 Å². The molecule has 0 radical (unpaired) electrons. The Balaban J connectivity index is 1.91. The van der Waals surface area contributed by atoms with Crippen LogP contribution in [0.25, 0.3) is 0 Å². The summed E-state index contributed by atoms with van der Waals surface area (Å²) in [6.45, 7) is 7.44. The zero-order valence-electron chi connectivity index (χ0n) is 15.2. The number of anilines is 1. The van der Waals surface area contributed by atoms with Crippen LogP contribution in [0, 0.1) is 0 Å². The van der Waals surface area contributed by atoms with Crippen LogP contribution in [0.5, 0.6) is 0 Å². The fraction of sp³-hybridized carbons (Fsp3) is 0.619. The number of para-hydroxylation sites is 1. The SMILES string of the molecule is CCCN(CCC)CC(=C1CCC1)N1c2ccccc2CC1CF. The molecule has 0 aromatic heterocycles. The Bertz CT molecular complexity index is 569. The minimum absolute atomic E-state index is 0.0180. The monoisotopic (exact) mass is 330 g/mol. The van der Waals surface area contributed by atoms with E-state index in [-0.39, 0.29) is 12.7 Å². The maximum absolute atomic E-state index is 13.8. The van der Waals surface area contributed by atoms with E-state index in [4.69, 9.17) is 0 Å². The van der Waals surface area contributed by atoms with Crippen LogP contribution < -0.4 is 4.90 Å². The maximum atomic E-state index is 13.8. The molecular formula is C21H31FN2. The van der Waals surface area contributed by atoms with Crippen molar-refractivity contribution in [3.05, 3.63) is 41.1 Å². The number of hydrogen-bond acceptors (Lipinski definition) is 2. The normalized spacial score (nSPS) is 19.6. The number of hydrogen-bond donors (Lipinski definition) is 0. The first kappa shape index (κ1) is 17.5. The van der Waals surface area contributed by atoms with Crippen LogP contribution in [-0.4, -0.2) is 37.3 Å². The second-order valence-electron chi connectivity index (χ2n) is 7.19. The average molecular weight is 330 g/mol. The van der Waals surface area contributed by atoms with Crippen LogP contribution in [0.2, 0.25) is 0 Å². The first-order valence-corrected chi connectivity index (χ1v) is 9.64. The summed E-state index contributed by atoms with van der Waals surface area (Å²) in [5.41, 5.74) is 5.50. The molecule has 0 spiro atoms. The topological polar surface area (TPSA) is 6.48 Å². The van der Waals surface area contributed by atoms with Gasteiger partial charge in [0.1, 0.15) is 6.67 Å². The van der Waals surface area contributed by atoms with Gasteiger partial charge < -0.3 is 4.90 Å². The number of halogens is 1. The van der Waals surface area contributed by atoms with Crippen LogP contribution in [0.1, 0.15) is 51.5 Å². The summed E-state index contributed by atoms with van der Waals surface area (Å²) in [6.07, 6.45) is 6.86. The molecule has 1 fully saturated rings. The van der Waals surface area contributed by atoms with Crippen molar-refractivity contribution >= 4 is 5.69 Å². The number of allylic oxidation sites excluding steroid dienone is 1. The molecule has 24 heavy (non-hydrogen) atoms. The standard InChI is InChI=1S/C21H31FN2/c1-3-12-23(13-4-2)16-21(17-9-7-10-17)24-19(15-22)14-18-8-5-6-11-20(18)24/h5-6,8,11,19H,3-4,7,9-10,12-16H2,1-2H3. The zero-order valence-corrected chi connectivity index (χ0v) is 15.2. The highest BCUT2D eigenvalue weighted by molar-refractivity contribution is 5.64. The van der Waals surface area contributed by atoms with Crippen LogP contribution in [0.4, 0.5) is 10.1 Å². The Kier molecular flexibility index (Phi) is 5.94. The van der Waals surface area contributed by atoms with Gasteiger partial charge in [0.15, 0.2) is 0 Å². The Morgan fingerprint density at radius 2 is 1.88 bits per heavy atom. The van der Waals surface area contributed by atoms with E-state index in [1.165, 1.54) is 49.1 Å². The minimum Gasteiger partial charge on any atom is -0.338 e. The Morgan fingerprint density at radius 3 is 2.46 bits per heavy atom. The molecule has 1 saturated carbocycles. The smallest absolute Gasteiger partial charge is 0.110 e. The fourth-order valence-electron chi connectivity index (χ4n) is 4.06. The van der Waals surface area contributed by atoms with Crippen molar-refractivity contribution in [1.29, 1.82) is 0 Å². The maximum Gasteiger partial charge on any atom is 0.110 e. The van der Waals surface area contributed by atoms with Crippen LogP contribution in [0.3, 0.4) is 0 Å². The van der Waals surface area contributed by atoms with Crippen molar-refractivity contribution in [1.82, 2.24) is 4.90 Å². The van der Waals surface area contributed by atoms with E-state index in [9.17, 15) is 4.39 Å². The summed E-state index contributed by atoms with van der Waals surface area (Å²) in [6, 6.07) is 8.49. The largest absolute Gasteiger partial charge is 0.338 e.